The van der Waals surface area contributed by atoms with Gasteiger partial charge in [-0.3, -0.25) is 19.2 Å². The molecule has 6 heteroatoms. The number of hydroxylamine groups is 2. The smallest absolute Gasteiger partial charge is 0.273 e. The molecule has 1 aliphatic rings. The van der Waals surface area contributed by atoms with Crippen LogP contribution in [0.15, 0.2) is 46.1 Å². The molecule has 0 radical (unpaired) electrons. The third kappa shape index (κ3) is 2.48. The van der Waals surface area contributed by atoms with Gasteiger partial charge in [-0.15, -0.1) is 6.42 Å². The molecule has 0 bridgehead atoms. The summed E-state index contributed by atoms with van der Waals surface area (Å²) < 4.78 is 1.33. The second-order valence-corrected chi connectivity index (χ2v) is 5.12. The number of H-pyrrole nitrogens is 1. The monoisotopic (exact) mass is 297 g/mol. The first-order valence-corrected chi connectivity index (χ1v) is 6.87. The molecule has 0 amide bonds. The van der Waals surface area contributed by atoms with E-state index >= 15 is 0 Å². The maximum Gasteiger partial charge on any atom is 0.330 e. The molecular weight excluding hydrogens is 282 g/mol. The van der Waals surface area contributed by atoms with Crippen LogP contribution in [-0.2, 0) is 4.84 Å². The lowest BCUT2D eigenvalue weighted by molar-refractivity contribution is -0.167. The minimum absolute atomic E-state index is 0.0271. The lowest BCUT2D eigenvalue weighted by atomic mass is 10.0. The van der Waals surface area contributed by atoms with Crippen molar-refractivity contribution in [3.05, 3.63) is 68.5 Å². The third-order valence-electron chi connectivity index (χ3n) is 3.77. The van der Waals surface area contributed by atoms with Crippen molar-refractivity contribution in [2.75, 3.05) is 7.05 Å². The van der Waals surface area contributed by atoms with Crippen molar-refractivity contribution in [2.24, 2.45) is 0 Å². The topological polar surface area (TPSA) is 67.3 Å². The van der Waals surface area contributed by atoms with Crippen molar-refractivity contribution in [1.82, 2.24) is 14.6 Å². The molecule has 2 heterocycles. The molecular formula is C16H15N3O3. The fourth-order valence-electron chi connectivity index (χ4n) is 2.64. The third-order valence-corrected chi connectivity index (χ3v) is 3.77. The zero-order valence-electron chi connectivity index (χ0n) is 12.0. The Morgan fingerprint density at radius 3 is 2.73 bits per heavy atom. The van der Waals surface area contributed by atoms with Crippen molar-refractivity contribution < 1.29 is 4.84 Å². The summed E-state index contributed by atoms with van der Waals surface area (Å²) in [6.07, 6.45) is 6.72. The quantitative estimate of drug-likeness (QED) is 0.841. The van der Waals surface area contributed by atoms with Crippen molar-refractivity contribution in [1.29, 1.82) is 0 Å². The summed E-state index contributed by atoms with van der Waals surface area (Å²) in [7, 11) is 1.82. The van der Waals surface area contributed by atoms with Crippen molar-refractivity contribution >= 4 is 0 Å². The molecule has 112 valence electrons. The van der Waals surface area contributed by atoms with Gasteiger partial charge in [0.15, 0.2) is 6.23 Å². The fourth-order valence-corrected chi connectivity index (χ4v) is 2.64. The Labute approximate surface area is 126 Å². The maximum atomic E-state index is 12.0. The number of nitrogens with one attached hydrogen (secondary N) is 1. The van der Waals surface area contributed by atoms with E-state index < -0.39 is 17.5 Å². The molecule has 6 nitrogen and oxygen atoms in total. The van der Waals surface area contributed by atoms with E-state index in [-0.39, 0.29) is 11.6 Å². The second kappa shape index (κ2) is 5.64. The fraction of sp³-hybridized carbons (Fsp3) is 0.250. The van der Waals surface area contributed by atoms with Gasteiger partial charge < -0.3 is 0 Å². The van der Waals surface area contributed by atoms with E-state index in [4.69, 9.17) is 11.3 Å². The second-order valence-electron chi connectivity index (χ2n) is 5.12. The highest BCUT2D eigenvalue weighted by Gasteiger charge is 2.33. The van der Waals surface area contributed by atoms with E-state index in [0.29, 0.717) is 6.42 Å². The number of benzene rings is 1. The Bertz CT molecular complexity index is 832. The van der Waals surface area contributed by atoms with Crippen LogP contribution in [0.4, 0.5) is 0 Å². The van der Waals surface area contributed by atoms with Gasteiger partial charge in [0.05, 0.1) is 6.04 Å². The van der Waals surface area contributed by atoms with E-state index in [1.165, 1.54) is 10.8 Å². The van der Waals surface area contributed by atoms with Crippen LogP contribution in [-0.4, -0.2) is 21.7 Å². The number of rotatable bonds is 2. The molecule has 22 heavy (non-hydrogen) atoms. The van der Waals surface area contributed by atoms with Crippen LogP contribution in [0.3, 0.4) is 0 Å². The van der Waals surface area contributed by atoms with Crippen molar-refractivity contribution in [2.45, 2.75) is 18.7 Å². The molecule has 2 aromatic rings. The van der Waals surface area contributed by atoms with Gasteiger partial charge in [-0.05, 0) is 5.56 Å². The molecule has 1 aliphatic heterocycles. The molecule has 0 spiro atoms. The molecule has 1 saturated heterocycles. The average Bonchev–Trinajstić information content (AvgIpc) is 2.90. The Morgan fingerprint density at radius 2 is 2.05 bits per heavy atom. The summed E-state index contributed by atoms with van der Waals surface area (Å²) in [6.45, 7) is 0. The van der Waals surface area contributed by atoms with Gasteiger partial charge in [-0.2, -0.15) is 5.06 Å². The molecule has 2 atom stereocenters. The Morgan fingerprint density at radius 1 is 1.32 bits per heavy atom. The summed E-state index contributed by atoms with van der Waals surface area (Å²) in [5, 5.41) is 1.72. The molecule has 1 fully saturated rings. The van der Waals surface area contributed by atoms with Gasteiger partial charge in [0.2, 0.25) is 0 Å². The summed E-state index contributed by atoms with van der Waals surface area (Å²) in [5.74, 6) is 2.27. The highest BCUT2D eigenvalue weighted by molar-refractivity contribution is 5.26. The Hall–Kier alpha value is -2.62. The summed E-state index contributed by atoms with van der Waals surface area (Å²) in [6, 6.07) is 9.91. The van der Waals surface area contributed by atoms with Crippen LogP contribution < -0.4 is 11.2 Å². The van der Waals surface area contributed by atoms with E-state index in [9.17, 15) is 9.59 Å². The molecule has 1 aromatic heterocycles. The minimum Gasteiger partial charge on any atom is -0.273 e. The zero-order chi connectivity index (χ0) is 15.7. The van der Waals surface area contributed by atoms with Crippen LogP contribution in [0.25, 0.3) is 0 Å². The maximum absolute atomic E-state index is 12.0. The molecule has 1 aromatic carbocycles. The first-order valence-electron chi connectivity index (χ1n) is 6.87. The van der Waals surface area contributed by atoms with E-state index in [2.05, 4.69) is 10.9 Å². The molecule has 1 N–H and O–H groups in total. The molecule has 0 saturated carbocycles. The number of hydrogen-bond acceptors (Lipinski definition) is 4. The van der Waals surface area contributed by atoms with Crippen LogP contribution in [0.1, 0.15) is 29.8 Å². The number of terminal acetylenes is 1. The lowest BCUT2D eigenvalue weighted by Crippen LogP contribution is -2.33. The Kier molecular flexibility index (Phi) is 3.67. The predicted octanol–water partition coefficient (Wildman–Crippen LogP) is 1.02. The Balaban J connectivity index is 1.94. The van der Waals surface area contributed by atoms with E-state index in [1.54, 1.807) is 5.06 Å². The summed E-state index contributed by atoms with van der Waals surface area (Å²) >= 11 is 0. The van der Waals surface area contributed by atoms with Crippen molar-refractivity contribution in [3.8, 4) is 12.3 Å². The molecule has 3 rings (SSSR count). The lowest BCUT2D eigenvalue weighted by Gasteiger charge is -2.17. The normalized spacial score (nSPS) is 21.6. The number of hydrogen-bond donors (Lipinski definition) is 1. The highest BCUT2D eigenvalue weighted by Crippen LogP contribution is 2.36. The average molecular weight is 297 g/mol. The van der Waals surface area contributed by atoms with Gasteiger partial charge >= 0.3 is 5.69 Å². The van der Waals surface area contributed by atoms with Gasteiger partial charge in [0.25, 0.3) is 5.56 Å². The SMILES string of the molecule is C#Cc1cn([C@@H]2C[C@H](c3ccccc3)N(C)O2)c(=O)[nH]c1=O. The minimum atomic E-state index is -0.560. The largest absolute Gasteiger partial charge is 0.330 e. The van der Waals surface area contributed by atoms with Crippen LogP contribution in [0, 0.1) is 12.3 Å². The van der Waals surface area contributed by atoms with Gasteiger partial charge in [-0.25, -0.2) is 4.79 Å². The standard InChI is InChI=1S/C16H15N3O3/c1-3-11-10-19(16(21)17-15(11)20)14-9-13(18(2)22-14)12-7-5-4-6-8-12/h1,4-8,10,13-14H,9H2,2H3,(H,17,20,21)/t13-,14+/m1/s1. The number of aromatic amines is 1. The molecule has 0 unspecified atom stereocenters. The first kappa shape index (κ1) is 14.3. The number of nitrogens with zero attached hydrogens (tertiary/aromatic N) is 2. The zero-order valence-corrected chi connectivity index (χ0v) is 12.0. The van der Waals surface area contributed by atoms with E-state index in [0.717, 1.165) is 5.56 Å². The first-order chi connectivity index (χ1) is 10.6. The summed E-state index contributed by atoms with van der Waals surface area (Å²) in [5.41, 5.74) is 0.113. The van der Waals surface area contributed by atoms with E-state index in [1.807, 2.05) is 37.4 Å². The van der Waals surface area contributed by atoms with Crippen LogP contribution >= 0.6 is 0 Å². The van der Waals surface area contributed by atoms with Gasteiger partial charge in [0.1, 0.15) is 5.56 Å². The summed E-state index contributed by atoms with van der Waals surface area (Å²) in [4.78, 5) is 31.5. The number of aromatic nitrogens is 2. The van der Waals surface area contributed by atoms with Crippen molar-refractivity contribution in [3.63, 3.8) is 0 Å². The highest BCUT2D eigenvalue weighted by atomic mass is 16.7. The van der Waals surface area contributed by atoms with Gasteiger partial charge in [-0.1, -0.05) is 36.3 Å². The van der Waals surface area contributed by atoms with Crippen LogP contribution in [0.5, 0.6) is 0 Å². The van der Waals surface area contributed by atoms with Gasteiger partial charge in [0, 0.05) is 19.7 Å². The van der Waals surface area contributed by atoms with Crippen LogP contribution in [0.2, 0.25) is 0 Å². The molecule has 0 aliphatic carbocycles. The predicted molar refractivity (Wildman–Crippen MR) is 80.9 cm³/mol.